The topological polar surface area (TPSA) is 111 Å². The second-order valence-corrected chi connectivity index (χ2v) is 8.88. The number of carbonyl (C=O) groups excluding carboxylic acids is 1. The molecule has 1 aromatic heterocycles. The molecular formula is C22H22ClN3O5S. The first-order valence-corrected chi connectivity index (χ1v) is 11.5. The van der Waals surface area contributed by atoms with Crippen molar-refractivity contribution in [3.05, 3.63) is 64.5 Å². The Morgan fingerprint density at radius 1 is 1.19 bits per heavy atom. The number of anilines is 2. The van der Waals surface area contributed by atoms with Gasteiger partial charge in [-0.3, -0.25) is 9.52 Å². The van der Waals surface area contributed by atoms with Crippen LogP contribution in [-0.4, -0.2) is 26.6 Å². The van der Waals surface area contributed by atoms with Gasteiger partial charge in [0.2, 0.25) is 5.91 Å². The van der Waals surface area contributed by atoms with Gasteiger partial charge in [0.05, 0.1) is 17.7 Å². The number of nitrogens with one attached hydrogen (secondary N) is 2. The van der Waals surface area contributed by atoms with Gasteiger partial charge in [-0.25, -0.2) is 8.42 Å². The van der Waals surface area contributed by atoms with E-state index in [0.29, 0.717) is 34.3 Å². The highest BCUT2D eigenvalue weighted by molar-refractivity contribution is 7.92. The van der Waals surface area contributed by atoms with Crippen molar-refractivity contribution in [1.82, 2.24) is 5.16 Å². The molecule has 0 aliphatic rings. The van der Waals surface area contributed by atoms with Crippen LogP contribution in [0.15, 0.2) is 51.9 Å². The van der Waals surface area contributed by atoms with Gasteiger partial charge in [-0.2, -0.15) is 0 Å². The van der Waals surface area contributed by atoms with Crippen molar-refractivity contribution in [3.8, 4) is 5.75 Å². The molecular weight excluding hydrogens is 454 g/mol. The van der Waals surface area contributed by atoms with Gasteiger partial charge in [0.1, 0.15) is 17.1 Å². The number of sulfonamides is 1. The average Bonchev–Trinajstić information content (AvgIpc) is 3.11. The molecule has 168 valence electrons. The summed E-state index contributed by atoms with van der Waals surface area (Å²) in [6, 6.07) is 10.9. The third-order valence-corrected chi connectivity index (χ3v) is 6.11. The number of aryl methyl sites for hydroxylation is 1. The van der Waals surface area contributed by atoms with Crippen LogP contribution in [0.4, 0.5) is 11.4 Å². The zero-order valence-corrected chi connectivity index (χ0v) is 19.3. The number of carbonyl (C=O) groups is 1. The number of halogens is 1. The first kappa shape index (κ1) is 23.4. The maximum Gasteiger partial charge on any atom is 0.262 e. The van der Waals surface area contributed by atoms with E-state index in [1.165, 1.54) is 25.3 Å². The molecule has 0 aliphatic heterocycles. The molecule has 0 aliphatic carbocycles. The van der Waals surface area contributed by atoms with E-state index >= 15 is 0 Å². The van der Waals surface area contributed by atoms with Gasteiger partial charge in [0.25, 0.3) is 10.0 Å². The van der Waals surface area contributed by atoms with Gasteiger partial charge in [-0.05, 0) is 48.9 Å². The maximum absolute atomic E-state index is 12.8. The van der Waals surface area contributed by atoms with Gasteiger partial charge >= 0.3 is 0 Å². The number of hydrogen-bond acceptors (Lipinski definition) is 6. The number of hydrogen-bond donors (Lipinski definition) is 2. The fourth-order valence-electron chi connectivity index (χ4n) is 2.77. The molecule has 0 saturated carbocycles. The summed E-state index contributed by atoms with van der Waals surface area (Å²) in [6.07, 6.45) is 3.72. The van der Waals surface area contributed by atoms with Crippen molar-refractivity contribution in [2.45, 2.75) is 25.2 Å². The molecule has 1 amide bonds. The SMILES string of the molecule is CCC(=O)Nc1c(C)noc1/C=C\c1ccc(S(=O)(=O)Nc2cc(Cl)ccc2OC)cc1. The molecule has 0 unspecified atom stereocenters. The van der Waals surface area contributed by atoms with E-state index in [-0.39, 0.29) is 16.5 Å². The molecule has 0 fully saturated rings. The van der Waals surface area contributed by atoms with E-state index < -0.39 is 10.0 Å². The number of benzene rings is 2. The minimum absolute atomic E-state index is 0.0723. The van der Waals surface area contributed by atoms with Crippen LogP contribution in [0.3, 0.4) is 0 Å². The van der Waals surface area contributed by atoms with E-state index in [1.54, 1.807) is 50.3 Å². The molecule has 0 bridgehead atoms. The second-order valence-electron chi connectivity index (χ2n) is 6.76. The van der Waals surface area contributed by atoms with Gasteiger partial charge in [-0.15, -0.1) is 0 Å². The zero-order chi connectivity index (χ0) is 23.3. The highest BCUT2D eigenvalue weighted by Gasteiger charge is 2.17. The van der Waals surface area contributed by atoms with Crippen LogP contribution in [0.1, 0.15) is 30.4 Å². The van der Waals surface area contributed by atoms with Crippen LogP contribution < -0.4 is 14.8 Å². The molecule has 0 atom stereocenters. The van der Waals surface area contributed by atoms with Crippen LogP contribution in [0, 0.1) is 6.92 Å². The zero-order valence-electron chi connectivity index (χ0n) is 17.7. The van der Waals surface area contributed by atoms with Crippen molar-refractivity contribution >= 4 is 51.1 Å². The Balaban J connectivity index is 1.78. The molecule has 32 heavy (non-hydrogen) atoms. The van der Waals surface area contributed by atoms with Gasteiger partial charge in [-0.1, -0.05) is 41.9 Å². The molecule has 10 heteroatoms. The van der Waals surface area contributed by atoms with Crippen LogP contribution >= 0.6 is 11.6 Å². The fourth-order valence-corrected chi connectivity index (χ4v) is 4.01. The molecule has 0 radical (unpaired) electrons. The normalized spacial score (nSPS) is 11.5. The monoisotopic (exact) mass is 475 g/mol. The summed E-state index contributed by atoms with van der Waals surface area (Å²) >= 11 is 5.97. The summed E-state index contributed by atoms with van der Waals surface area (Å²) in [5.41, 5.74) is 2.04. The minimum atomic E-state index is -3.86. The smallest absolute Gasteiger partial charge is 0.262 e. The summed E-state index contributed by atoms with van der Waals surface area (Å²) < 4.78 is 38.4. The lowest BCUT2D eigenvalue weighted by atomic mass is 10.2. The summed E-state index contributed by atoms with van der Waals surface area (Å²) in [5, 5.41) is 7.01. The summed E-state index contributed by atoms with van der Waals surface area (Å²) in [6.45, 7) is 3.48. The van der Waals surface area contributed by atoms with Crippen LogP contribution in [0.2, 0.25) is 5.02 Å². The van der Waals surface area contributed by atoms with E-state index in [0.717, 1.165) is 5.56 Å². The minimum Gasteiger partial charge on any atom is -0.495 e. The highest BCUT2D eigenvalue weighted by Crippen LogP contribution is 2.30. The maximum atomic E-state index is 12.8. The molecule has 2 N–H and O–H groups in total. The average molecular weight is 476 g/mol. The third kappa shape index (κ3) is 5.49. The van der Waals surface area contributed by atoms with E-state index in [9.17, 15) is 13.2 Å². The van der Waals surface area contributed by atoms with Crippen molar-refractivity contribution in [3.63, 3.8) is 0 Å². The van der Waals surface area contributed by atoms with Gasteiger partial charge < -0.3 is 14.6 Å². The Kier molecular flexibility index (Phi) is 7.22. The number of ether oxygens (including phenoxy) is 1. The number of aromatic nitrogens is 1. The molecule has 1 heterocycles. The Morgan fingerprint density at radius 3 is 2.56 bits per heavy atom. The van der Waals surface area contributed by atoms with Gasteiger partial charge in [0, 0.05) is 11.4 Å². The molecule has 0 spiro atoms. The number of amides is 1. The third-order valence-electron chi connectivity index (χ3n) is 4.50. The quantitative estimate of drug-likeness (QED) is 0.476. The van der Waals surface area contributed by atoms with E-state index in [2.05, 4.69) is 15.2 Å². The predicted octanol–water partition coefficient (Wildman–Crippen LogP) is 4.96. The molecule has 3 aromatic rings. The molecule has 3 rings (SSSR count). The number of rotatable bonds is 8. The Morgan fingerprint density at radius 2 is 1.91 bits per heavy atom. The largest absolute Gasteiger partial charge is 0.495 e. The lowest BCUT2D eigenvalue weighted by molar-refractivity contribution is -0.115. The highest BCUT2D eigenvalue weighted by atomic mass is 35.5. The number of nitrogens with zero attached hydrogens (tertiary/aromatic N) is 1. The lowest BCUT2D eigenvalue weighted by Crippen LogP contribution is -2.13. The molecule has 0 saturated heterocycles. The van der Waals surface area contributed by atoms with Crippen LogP contribution in [-0.2, 0) is 14.8 Å². The van der Waals surface area contributed by atoms with Gasteiger partial charge in [0.15, 0.2) is 5.76 Å². The standard InChI is InChI=1S/C22H22ClN3O5S/c1-4-21(27)24-22-14(2)25-31-20(22)11-7-15-5-9-17(10-6-15)32(28,29)26-18-13-16(23)8-12-19(18)30-3/h5-13,26H,4H2,1-3H3,(H,24,27)/b11-7-. The second kappa shape index (κ2) is 9.88. The first-order valence-electron chi connectivity index (χ1n) is 9.64. The first-order chi connectivity index (χ1) is 15.2. The summed E-state index contributed by atoms with van der Waals surface area (Å²) in [4.78, 5) is 11.8. The summed E-state index contributed by atoms with van der Waals surface area (Å²) in [5.74, 6) is 0.603. The fraction of sp³-hybridized carbons (Fsp3) is 0.182. The Bertz CT molecular complexity index is 1250. The van der Waals surface area contributed by atoms with Crippen molar-refractivity contribution < 1.29 is 22.5 Å². The van der Waals surface area contributed by atoms with Crippen LogP contribution in [0.5, 0.6) is 5.75 Å². The number of methoxy groups -OCH3 is 1. The Hall–Kier alpha value is -3.30. The molecule has 2 aromatic carbocycles. The Labute approximate surface area is 191 Å². The van der Waals surface area contributed by atoms with E-state index in [4.69, 9.17) is 20.9 Å². The molecule has 8 nitrogen and oxygen atoms in total. The lowest BCUT2D eigenvalue weighted by Gasteiger charge is -2.12. The van der Waals surface area contributed by atoms with Crippen molar-refractivity contribution in [2.75, 3.05) is 17.1 Å². The summed E-state index contributed by atoms with van der Waals surface area (Å²) in [7, 11) is -2.41. The van der Waals surface area contributed by atoms with Crippen molar-refractivity contribution in [1.29, 1.82) is 0 Å². The van der Waals surface area contributed by atoms with E-state index in [1.807, 2.05) is 0 Å². The van der Waals surface area contributed by atoms with Crippen molar-refractivity contribution in [2.24, 2.45) is 0 Å². The van der Waals surface area contributed by atoms with Crippen LogP contribution in [0.25, 0.3) is 12.2 Å². The predicted molar refractivity (Wildman–Crippen MR) is 124 cm³/mol.